The number of unbranched alkanes of at least 4 members (excludes halogenated alkanes) is 3. The third-order valence-corrected chi connectivity index (χ3v) is 3.96. The maximum Gasteiger partial charge on any atom is 0.258 e. The van der Waals surface area contributed by atoms with Gasteiger partial charge in [-0.15, -0.1) is 0 Å². The molecule has 0 aliphatic carbocycles. The van der Waals surface area contributed by atoms with E-state index in [9.17, 15) is 4.79 Å². The molecule has 0 fully saturated rings. The van der Waals surface area contributed by atoms with E-state index in [1.165, 1.54) is 24.2 Å². The molecule has 0 radical (unpaired) electrons. The molecule has 0 aliphatic heterocycles. The van der Waals surface area contributed by atoms with Gasteiger partial charge in [0, 0.05) is 18.5 Å². The highest BCUT2D eigenvalue weighted by Gasteiger charge is 2.27. The summed E-state index contributed by atoms with van der Waals surface area (Å²) < 4.78 is 0. The first-order valence-electron chi connectivity index (χ1n) is 8.27. The number of carbonyl (C=O) groups is 1. The molecule has 21 heavy (non-hydrogen) atoms. The van der Waals surface area contributed by atoms with Gasteiger partial charge in [0.2, 0.25) is 0 Å². The molecule has 1 amide bonds. The van der Waals surface area contributed by atoms with Gasteiger partial charge in [0.15, 0.2) is 6.17 Å². The predicted octanol–water partition coefficient (Wildman–Crippen LogP) is 2.59. The van der Waals surface area contributed by atoms with E-state index in [1.807, 2.05) is 30.3 Å². The molecule has 118 valence electrons. The summed E-state index contributed by atoms with van der Waals surface area (Å²) >= 11 is 0. The van der Waals surface area contributed by atoms with Gasteiger partial charge in [0.25, 0.3) is 5.91 Å². The summed E-state index contributed by atoms with van der Waals surface area (Å²) in [5.41, 5.74) is 0.799. The summed E-state index contributed by atoms with van der Waals surface area (Å²) in [4.78, 5) is 16.2. The van der Waals surface area contributed by atoms with Crippen LogP contribution in [0.4, 0.5) is 0 Å². The first-order chi connectivity index (χ1) is 10.1. The Bertz CT molecular complexity index is 403. The lowest BCUT2D eigenvalue weighted by Gasteiger charge is -2.33. The molecule has 1 rings (SSSR count). The maximum atomic E-state index is 12.8. The number of hydrogen-bond donors (Lipinski definition) is 1. The standard InChI is InChI=1S/C18H30N2O/c1-5-7-8-12-15-20(17(6-2)19(3)4)18(21)16-13-10-9-11-14-16/h9-11,13-14,17H,5-8,12,15H2,1-4H3/p+1. The zero-order chi connectivity index (χ0) is 15.7. The van der Waals surface area contributed by atoms with E-state index in [0.717, 1.165) is 24.9 Å². The van der Waals surface area contributed by atoms with Crippen molar-refractivity contribution in [3.05, 3.63) is 35.9 Å². The zero-order valence-corrected chi connectivity index (χ0v) is 14.1. The van der Waals surface area contributed by atoms with Crippen LogP contribution in [0.1, 0.15) is 56.3 Å². The Morgan fingerprint density at radius 2 is 1.76 bits per heavy atom. The molecular weight excluding hydrogens is 260 g/mol. The van der Waals surface area contributed by atoms with Crippen LogP contribution < -0.4 is 4.90 Å². The molecule has 0 saturated heterocycles. The zero-order valence-electron chi connectivity index (χ0n) is 14.1. The minimum absolute atomic E-state index is 0.167. The molecule has 0 aliphatic rings. The van der Waals surface area contributed by atoms with Gasteiger partial charge in [-0.1, -0.05) is 51.3 Å². The Labute approximate surface area is 129 Å². The Hall–Kier alpha value is -1.35. The topological polar surface area (TPSA) is 24.8 Å². The fourth-order valence-corrected chi connectivity index (χ4v) is 2.79. The van der Waals surface area contributed by atoms with Crippen LogP contribution in [0.2, 0.25) is 0 Å². The van der Waals surface area contributed by atoms with Gasteiger partial charge in [0.05, 0.1) is 14.1 Å². The van der Waals surface area contributed by atoms with Gasteiger partial charge >= 0.3 is 0 Å². The summed E-state index contributed by atoms with van der Waals surface area (Å²) in [6, 6.07) is 9.66. The van der Waals surface area contributed by atoms with E-state index >= 15 is 0 Å². The smallest absolute Gasteiger partial charge is 0.258 e. The molecule has 1 aromatic carbocycles. The second-order valence-electron chi connectivity index (χ2n) is 5.93. The molecule has 0 saturated carbocycles. The lowest BCUT2D eigenvalue weighted by molar-refractivity contribution is -0.897. The molecular formula is C18H31N2O+. The minimum atomic E-state index is 0.167. The van der Waals surface area contributed by atoms with E-state index in [1.54, 1.807) is 0 Å². The van der Waals surface area contributed by atoms with Crippen LogP contribution in [0.25, 0.3) is 0 Å². The van der Waals surface area contributed by atoms with Gasteiger partial charge in [-0.25, -0.2) is 0 Å². The maximum absolute atomic E-state index is 12.8. The fraction of sp³-hybridized carbons (Fsp3) is 0.611. The van der Waals surface area contributed by atoms with Crippen LogP contribution >= 0.6 is 0 Å². The fourth-order valence-electron chi connectivity index (χ4n) is 2.79. The minimum Gasteiger partial charge on any atom is -0.320 e. The Balaban J connectivity index is 2.82. The summed E-state index contributed by atoms with van der Waals surface area (Å²) in [6.45, 7) is 5.23. The molecule has 0 spiro atoms. The van der Waals surface area contributed by atoms with Crippen LogP contribution in [-0.4, -0.2) is 37.6 Å². The first kappa shape index (κ1) is 17.7. The number of rotatable bonds is 9. The molecule has 0 aromatic heterocycles. The summed E-state index contributed by atoms with van der Waals surface area (Å²) in [6.07, 6.45) is 6.00. The highest BCUT2D eigenvalue weighted by Crippen LogP contribution is 2.10. The average molecular weight is 291 g/mol. The summed E-state index contributed by atoms with van der Waals surface area (Å²) in [7, 11) is 4.26. The summed E-state index contributed by atoms with van der Waals surface area (Å²) in [5.74, 6) is 0.167. The van der Waals surface area contributed by atoms with Gasteiger partial charge in [-0.2, -0.15) is 0 Å². The van der Waals surface area contributed by atoms with E-state index in [-0.39, 0.29) is 12.1 Å². The molecule has 3 nitrogen and oxygen atoms in total. The first-order valence-corrected chi connectivity index (χ1v) is 8.27. The van der Waals surface area contributed by atoms with Crippen molar-refractivity contribution < 1.29 is 9.69 Å². The SMILES string of the molecule is CCCCCCN(C(=O)c1ccccc1)C(CC)[NH+](C)C. The quantitative estimate of drug-likeness (QED) is 0.549. The monoisotopic (exact) mass is 291 g/mol. The van der Waals surface area contributed by atoms with E-state index in [0.29, 0.717) is 0 Å². The number of nitrogens with zero attached hydrogens (tertiary/aromatic N) is 1. The van der Waals surface area contributed by atoms with Gasteiger partial charge < -0.3 is 4.90 Å². The number of quaternary nitrogens is 1. The molecule has 0 bridgehead atoms. The van der Waals surface area contributed by atoms with Crippen LogP contribution in [0.15, 0.2) is 30.3 Å². The van der Waals surface area contributed by atoms with Crippen LogP contribution in [0.5, 0.6) is 0 Å². The normalized spacial score (nSPS) is 12.4. The van der Waals surface area contributed by atoms with E-state index in [2.05, 4.69) is 32.8 Å². The number of benzene rings is 1. The van der Waals surface area contributed by atoms with Crippen LogP contribution in [0, 0.1) is 0 Å². The molecule has 3 heteroatoms. The number of carbonyl (C=O) groups excluding carboxylic acids is 1. The Kier molecular flexibility index (Phi) is 8.06. The van der Waals surface area contributed by atoms with Crippen molar-refractivity contribution in [1.29, 1.82) is 0 Å². The van der Waals surface area contributed by atoms with E-state index in [4.69, 9.17) is 0 Å². The molecule has 1 atom stereocenters. The van der Waals surface area contributed by atoms with Crippen molar-refractivity contribution in [2.75, 3.05) is 20.6 Å². The van der Waals surface area contributed by atoms with Crippen LogP contribution in [-0.2, 0) is 0 Å². The number of hydrogen-bond acceptors (Lipinski definition) is 1. The van der Waals surface area contributed by atoms with Crippen molar-refractivity contribution >= 4 is 5.91 Å². The highest BCUT2D eigenvalue weighted by molar-refractivity contribution is 5.94. The molecule has 1 aromatic rings. The second-order valence-corrected chi connectivity index (χ2v) is 5.93. The number of amides is 1. The lowest BCUT2D eigenvalue weighted by Crippen LogP contribution is -3.12. The summed E-state index contributed by atoms with van der Waals surface area (Å²) in [5, 5.41) is 0. The molecule has 1 unspecified atom stereocenters. The van der Waals surface area contributed by atoms with Crippen LogP contribution in [0.3, 0.4) is 0 Å². The van der Waals surface area contributed by atoms with Crippen molar-refractivity contribution in [2.45, 2.75) is 52.1 Å². The van der Waals surface area contributed by atoms with Crippen molar-refractivity contribution in [1.82, 2.24) is 4.90 Å². The van der Waals surface area contributed by atoms with Crippen molar-refractivity contribution in [3.63, 3.8) is 0 Å². The molecule has 0 heterocycles. The Morgan fingerprint density at radius 3 is 2.29 bits per heavy atom. The highest BCUT2D eigenvalue weighted by atomic mass is 16.2. The molecule has 1 N–H and O–H groups in total. The third kappa shape index (κ3) is 5.50. The van der Waals surface area contributed by atoms with Crippen molar-refractivity contribution in [3.8, 4) is 0 Å². The number of nitrogens with one attached hydrogen (secondary N) is 1. The lowest BCUT2D eigenvalue weighted by atomic mass is 10.1. The van der Waals surface area contributed by atoms with Crippen molar-refractivity contribution in [2.24, 2.45) is 0 Å². The second kappa shape index (κ2) is 9.56. The van der Waals surface area contributed by atoms with Gasteiger partial charge in [0.1, 0.15) is 0 Å². The Morgan fingerprint density at radius 1 is 1.10 bits per heavy atom. The average Bonchev–Trinajstić information content (AvgIpc) is 2.50. The van der Waals surface area contributed by atoms with Gasteiger partial charge in [-0.3, -0.25) is 9.69 Å². The van der Waals surface area contributed by atoms with E-state index < -0.39 is 0 Å². The predicted molar refractivity (Wildman–Crippen MR) is 88.5 cm³/mol. The van der Waals surface area contributed by atoms with Gasteiger partial charge in [-0.05, 0) is 18.6 Å². The largest absolute Gasteiger partial charge is 0.320 e. The third-order valence-electron chi connectivity index (χ3n) is 3.96.